The average molecular weight is 696 g/mol. The first kappa shape index (κ1) is 33.6. The number of benzene rings is 8. The van der Waals surface area contributed by atoms with Gasteiger partial charge in [0.05, 0.1) is 11.4 Å². The summed E-state index contributed by atoms with van der Waals surface area (Å²) in [6.45, 7) is 11.7. The topological polar surface area (TPSA) is 3.24 Å². The second-order valence-electron chi connectivity index (χ2n) is 16.2. The standard InChI is InChI=1S/C53H45N/c1-52(2,3)39-32-33-46-48(35-39)53(4,5)47-29-17-28-45(51(46)47)44-26-12-14-31-50(44)54(49-30-13-11-25-43(49)37-18-7-6-8-19-37)40-23-15-22-38(34-40)42-27-16-21-36-20-9-10-24-41(36)42/h6-35H,1-5H3. The summed E-state index contributed by atoms with van der Waals surface area (Å²) in [5.74, 6) is 0. The van der Waals surface area contributed by atoms with Crippen LogP contribution in [0.5, 0.6) is 0 Å². The minimum Gasteiger partial charge on any atom is -0.309 e. The summed E-state index contributed by atoms with van der Waals surface area (Å²) in [4.78, 5) is 2.48. The van der Waals surface area contributed by atoms with E-state index in [9.17, 15) is 0 Å². The predicted octanol–water partition coefficient (Wildman–Crippen LogP) is 14.9. The van der Waals surface area contributed by atoms with Crippen LogP contribution in [-0.2, 0) is 10.8 Å². The van der Waals surface area contributed by atoms with Gasteiger partial charge in [-0.1, -0.05) is 192 Å². The minimum atomic E-state index is -0.122. The van der Waals surface area contributed by atoms with Gasteiger partial charge in [0.1, 0.15) is 0 Å². The van der Waals surface area contributed by atoms with E-state index >= 15 is 0 Å². The molecule has 0 radical (unpaired) electrons. The summed E-state index contributed by atoms with van der Waals surface area (Å²) >= 11 is 0. The van der Waals surface area contributed by atoms with E-state index in [2.05, 4.69) is 222 Å². The smallest absolute Gasteiger partial charge is 0.0540 e. The van der Waals surface area contributed by atoms with Gasteiger partial charge in [0.25, 0.3) is 0 Å². The Labute approximate surface area is 320 Å². The maximum absolute atomic E-state index is 2.48. The van der Waals surface area contributed by atoms with Gasteiger partial charge in [-0.3, -0.25) is 0 Å². The molecule has 0 saturated carbocycles. The Morgan fingerprint density at radius 2 is 1.02 bits per heavy atom. The fraction of sp³-hybridized carbons (Fsp3) is 0.132. The van der Waals surface area contributed by atoms with Crippen LogP contribution in [0.4, 0.5) is 17.1 Å². The molecule has 0 N–H and O–H groups in total. The average Bonchev–Trinajstić information content (AvgIpc) is 3.44. The molecule has 0 heterocycles. The van der Waals surface area contributed by atoms with Crippen molar-refractivity contribution in [1.29, 1.82) is 0 Å². The molecule has 0 saturated heterocycles. The van der Waals surface area contributed by atoms with Crippen LogP contribution in [0, 0.1) is 0 Å². The Hall–Kier alpha value is -6.18. The van der Waals surface area contributed by atoms with E-state index in [1.807, 2.05) is 0 Å². The SMILES string of the molecule is CC(C)(C)c1ccc2c(c1)C(C)(C)c1cccc(-c3ccccc3N(c3cccc(-c4cccc5ccccc45)c3)c3ccccc3-c3ccccc3)c1-2. The van der Waals surface area contributed by atoms with Gasteiger partial charge in [-0.25, -0.2) is 0 Å². The molecule has 8 aromatic carbocycles. The predicted molar refractivity (Wildman–Crippen MR) is 231 cm³/mol. The number of nitrogens with zero attached hydrogens (tertiary/aromatic N) is 1. The van der Waals surface area contributed by atoms with Crippen LogP contribution in [-0.4, -0.2) is 0 Å². The van der Waals surface area contributed by atoms with E-state index in [0.29, 0.717) is 0 Å². The van der Waals surface area contributed by atoms with E-state index in [-0.39, 0.29) is 10.8 Å². The Morgan fingerprint density at radius 1 is 0.426 bits per heavy atom. The lowest BCUT2D eigenvalue weighted by Crippen LogP contribution is -2.17. The van der Waals surface area contributed by atoms with E-state index in [1.165, 1.54) is 72.0 Å². The molecule has 0 amide bonds. The monoisotopic (exact) mass is 695 g/mol. The maximum Gasteiger partial charge on any atom is 0.0540 e. The number of rotatable bonds is 6. The second-order valence-corrected chi connectivity index (χ2v) is 16.2. The lowest BCUT2D eigenvalue weighted by molar-refractivity contribution is 0.584. The maximum atomic E-state index is 2.48. The highest BCUT2D eigenvalue weighted by atomic mass is 15.1. The molecule has 0 aromatic heterocycles. The Morgan fingerprint density at radius 3 is 1.81 bits per heavy atom. The van der Waals surface area contributed by atoms with Gasteiger partial charge >= 0.3 is 0 Å². The van der Waals surface area contributed by atoms with Crippen LogP contribution in [0.25, 0.3) is 55.3 Å². The number of para-hydroxylation sites is 2. The molecule has 0 bridgehead atoms. The van der Waals surface area contributed by atoms with E-state index < -0.39 is 0 Å². The van der Waals surface area contributed by atoms with Crippen LogP contribution in [0.3, 0.4) is 0 Å². The van der Waals surface area contributed by atoms with Crippen molar-refractivity contribution in [2.24, 2.45) is 0 Å². The Balaban J connectivity index is 1.30. The molecule has 262 valence electrons. The summed E-state index contributed by atoms with van der Waals surface area (Å²) in [5.41, 5.74) is 17.4. The van der Waals surface area contributed by atoms with Crippen LogP contribution < -0.4 is 4.90 Å². The van der Waals surface area contributed by atoms with Crippen molar-refractivity contribution in [3.8, 4) is 44.5 Å². The minimum absolute atomic E-state index is 0.0720. The summed E-state index contributed by atoms with van der Waals surface area (Å²) in [6, 6.07) is 67.1. The highest BCUT2D eigenvalue weighted by Crippen LogP contribution is 2.55. The molecule has 0 fully saturated rings. The van der Waals surface area contributed by atoms with Crippen molar-refractivity contribution in [3.05, 3.63) is 199 Å². The van der Waals surface area contributed by atoms with Gasteiger partial charge < -0.3 is 4.90 Å². The number of fused-ring (bicyclic) bond motifs is 4. The zero-order chi connectivity index (χ0) is 37.0. The first-order valence-corrected chi connectivity index (χ1v) is 19.1. The van der Waals surface area contributed by atoms with Crippen molar-refractivity contribution >= 4 is 27.8 Å². The molecule has 1 nitrogen and oxygen atoms in total. The molecule has 1 aliphatic rings. The van der Waals surface area contributed by atoms with Gasteiger partial charge in [-0.05, 0) is 90.5 Å². The van der Waals surface area contributed by atoms with Gasteiger partial charge in [0.2, 0.25) is 0 Å². The normalized spacial score (nSPS) is 13.1. The van der Waals surface area contributed by atoms with Gasteiger partial charge in [0, 0.05) is 22.2 Å². The molecule has 54 heavy (non-hydrogen) atoms. The Bertz CT molecular complexity index is 2670. The van der Waals surface area contributed by atoms with E-state index in [1.54, 1.807) is 0 Å². The molecule has 0 atom stereocenters. The molecule has 0 spiro atoms. The number of hydrogen-bond acceptors (Lipinski definition) is 1. The van der Waals surface area contributed by atoms with Crippen molar-refractivity contribution in [2.45, 2.75) is 45.4 Å². The van der Waals surface area contributed by atoms with Gasteiger partial charge in [-0.15, -0.1) is 0 Å². The first-order chi connectivity index (χ1) is 26.2. The number of hydrogen-bond donors (Lipinski definition) is 0. The molecule has 0 unspecified atom stereocenters. The highest BCUT2D eigenvalue weighted by Gasteiger charge is 2.38. The third-order valence-corrected chi connectivity index (χ3v) is 11.4. The lowest BCUT2D eigenvalue weighted by Gasteiger charge is -2.31. The molecule has 1 aliphatic carbocycles. The van der Waals surface area contributed by atoms with Crippen LogP contribution in [0.15, 0.2) is 182 Å². The summed E-state index contributed by atoms with van der Waals surface area (Å²) in [7, 11) is 0. The third kappa shape index (κ3) is 5.63. The molecule has 0 aliphatic heterocycles. The molecule has 8 aromatic rings. The molecule has 9 rings (SSSR count). The Kier molecular flexibility index (Phi) is 8.12. The van der Waals surface area contributed by atoms with Gasteiger partial charge in [-0.2, -0.15) is 0 Å². The van der Waals surface area contributed by atoms with Gasteiger partial charge in [0.15, 0.2) is 0 Å². The van der Waals surface area contributed by atoms with Crippen LogP contribution in [0.1, 0.15) is 51.3 Å². The van der Waals surface area contributed by atoms with E-state index in [0.717, 1.165) is 17.1 Å². The van der Waals surface area contributed by atoms with Crippen LogP contribution >= 0.6 is 0 Å². The van der Waals surface area contributed by atoms with Crippen LogP contribution in [0.2, 0.25) is 0 Å². The second kappa shape index (κ2) is 13.0. The number of anilines is 3. The first-order valence-electron chi connectivity index (χ1n) is 19.1. The molecule has 1 heteroatoms. The van der Waals surface area contributed by atoms with Crippen molar-refractivity contribution in [2.75, 3.05) is 4.90 Å². The van der Waals surface area contributed by atoms with E-state index in [4.69, 9.17) is 0 Å². The molecular formula is C53H45N. The quantitative estimate of drug-likeness (QED) is 0.167. The van der Waals surface area contributed by atoms with Crippen molar-refractivity contribution < 1.29 is 0 Å². The van der Waals surface area contributed by atoms with Crippen molar-refractivity contribution in [3.63, 3.8) is 0 Å². The third-order valence-electron chi connectivity index (χ3n) is 11.4. The summed E-state index contributed by atoms with van der Waals surface area (Å²) in [6.07, 6.45) is 0. The largest absolute Gasteiger partial charge is 0.309 e. The highest BCUT2D eigenvalue weighted by molar-refractivity contribution is 6.01. The van der Waals surface area contributed by atoms with Crippen molar-refractivity contribution in [1.82, 2.24) is 0 Å². The summed E-state index contributed by atoms with van der Waals surface area (Å²) < 4.78 is 0. The lowest BCUT2D eigenvalue weighted by atomic mass is 9.79. The fourth-order valence-electron chi connectivity index (χ4n) is 8.60. The zero-order valence-electron chi connectivity index (χ0n) is 31.8. The fourth-order valence-corrected chi connectivity index (χ4v) is 8.60. The summed E-state index contributed by atoms with van der Waals surface area (Å²) in [5, 5.41) is 2.50. The molecular weight excluding hydrogens is 651 g/mol. The zero-order valence-corrected chi connectivity index (χ0v) is 31.8.